The largest absolute Gasteiger partial charge is 0.269 e. The topological polar surface area (TPSA) is 94.0 Å². The van der Waals surface area contributed by atoms with E-state index in [9.17, 15) is 20.2 Å². The third-order valence-electron chi connectivity index (χ3n) is 5.83. The van der Waals surface area contributed by atoms with Gasteiger partial charge in [-0.2, -0.15) is 4.57 Å². The average Bonchev–Trinajstić information content (AvgIpc) is 2.92. The Kier molecular flexibility index (Phi) is 8.23. The van der Waals surface area contributed by atoms with Gasteiger partial charge in [0, 0.05) is 54.6 Å². The molecule has 8 nitrogen and oxygen atoms in total. The molecule has 0 atom stereocenters. The van der Waals surface area contributed by atoms with Gasteiger partial charge in [0.2, 0.25) is 5.69 Å². The van der Waals surface area contributed by atoms with Gasteiger partial charge in [-0.3, -0.25) is 20.2 Å². The third kappa shape index (κ3) is 7.25. The lowest BCUT2D eigenvalue weighted by molar-refractivity contribution is -0.727. The number of nitro groups is 2. The first-order chi connectivity index (χ1) is 18.0. The van der Waals surface area contributed by atoms with Crippen LogP contribution in [0, 0.1) is 20.2 Å². The van der Waals surface area contributed by atoms with E-state index in [4.69, 9.17) is 0 Å². The molecule has 2 aromatic heterocycles. The van der Waals surface area contributed by atoms with Crippen LogP contribution in [0.25, 0.3) is 24.3 Å². The van der Waals surface area contributed by atoms with E-state index in [2.05, 4.69) is 9.13 Å². The van der Waals surface area contributed by atoms with Crippen molar-refractivity contribution in [3.63, 3.8) is 0 Å². The van der Waals surface area contributed by atoms with Crippen molar-refractivity contribution < 1.29 is 19.0 Å². The summed E-state index contributed by atoms with van der Waals surface area (Å²) in [6.07, 6.45) is 15.0. The molecule has 0 radical (unpaired) electrons. The van der Waals surface area contributed by atoms with Crippen LogP contribution in [0.2, 0.25) is 0 Å². The third-order valence-corrected chi connectivity index (χ3v) is 5.83. The summed E-state index contributed by atoms with van der Waals surface area (Å²) in [5.41, 5.74) is 4.07. The molecule has 4 rings (SSSR count). The Morgan fingerprint density at radius 3 is 1.65 bits per heavy atom. The first kappa shape index (κ1) is 25.1. The quantitative estimate of drug-likeness (QED) is 0.165. The van der Waals surface area contributed by atoms with E-state index in [1.54, 1.807) is 24.3 Å². The Balaban J connectivity index is 1.31. The van der Waals surface area contributed by atoms with Crippen LogP contribution in [0.3, 0.4) is 0 Å². The first-order valence-electron chi connectivity index (χ1n) is 11.8. The molecule has 0 spiro atoms. The summed E-state index contributed by atoms with van der Waals surface area (Å²) >= 11 is 0. The Bertz CT molecular complexity index is 1430. The zero-order chi connectivity index (χ0) is 26.0. The fraction of sp³-hybridized carbons (Fsp3) is 0.103. The molecule has 0 aliphatic rings. The maximum Gasteiger partial charge on any atom is 0.269 e. The molecule has 0 saturated heterocycles. The van der Waals surface area contributed by atoms with Gasteiger partial charge in [-0.1, -0.05) is 12.2 Å². The highest BCUT2D eigenvalue weighted by molar-refractivity contribution is 5.69. The maximum absolute atomic E-state index is 10.8. The number of benzene rings is 2. The molecule has 0 N–H and O–H groups in total. The molecular formula is C29H26N4O4+2. The van der Waals surface area contributed by atoms with Crippen molar-refractivity contribution in [2.24, 2.45) is 0 Å². The van der Waals surface area contributed by atoms with Gasteiger partial charge in [0.1, 0.15) is 0 Å². The van der Waals surface area contributed by atoms with Crippen molar-refractivity contribution >= 4 is 35.7 Å². The minimum absolute atomic E-state index is 0.0815. The van der Waals surface area contributed by atoms with Crippen LogP contribution in [-0.2, 0) is 13.1 Å². The number of aromatic nitrogens is 2. The lowest BCUT2D eigenvalue weighted by Gasteiger charge is -2.01. The summed E-state index contributed by atoms with van der Waals surface area (Å²) < 4.78 is 4.32. The fourth-order valence-electron chi connectivity index (χ4n) is 3.79. The van der Waals surface area contributed by atoms with Gasteiger partial charge in [-0.25, -0.2) is 4.57 Å². The molecule has 0 fully saturated rings. The van der Waals surface area contributed by atoms with Crippen molar-refractivity contribution in [1.29, 1.82) is 0 Å². The van der Waals surface area contributed by atoms with E-state index in [1.165, 1.54) is 24.3 Å². The summed E-state index contributed by atoms with van der Waals surface area (Å²) in [4.78, 5) is 20.8. The van der Waals surface area contributed by atoms with Crippen LogP contribution < -0.4 is 9.13 Å². The average molecular weight is 495 g/mol. The Morgan fingerprint density at radius 1 is 0.595 bits per heavy atom. The van der Waals surface area contributed by atoms with Gasteiger partial charge in [0.15, 0.2) is 31.7 Å². The standard InChI is InChI=1S/C29H26N4O4/c34-32(35)28-13-8-24(9-14-28)5-6-26-17-22-30(23-18-26)19-3-21-31-20-2-1-4-27(31)12-7-25-10-15-29(16-11-25)33(36)37/h1-2,4-18,20,22-23H,3,19,21H2/q+2/b6-5+,12-7+. The van der Waals surface area contributed by atoms with Gasteiger partial charge < -0.3 is 0 Å². The zero-order valence-electron chi connectivity index (χ0n) is 20.1. The molecule has 2 heterocycles. The number of aryl methyl sites for hydroxylation is 2. The second-order valence-corrected chi connectivity index (χ2v) is 8.41. The highest BCUT2D eigenvalue weighted by Gasteiger charge is 2.09. The number of nitrogens with zero attached hydrogens (tertiary/aromatic N) is 4. The molecule has 0 unspecified atom stereocenters. The van der Waals surface area contributed by atoms with Gasteiger partial charge in [-0.05, 0) is 53.1 Å². The first-order valence-corrected chi connectivity index (χ1v) is 11.8. The molecule has 0 amide bonds. The summed E-state index contributed by atoms with van der Waals surface area (Å²) in [5, 5.41) is 21.6. The lowest BCUT2D eigenvalue weighted by atomic mass is 10.1. The molecule has 0 bridgehead atoms. The van der Waals surface area contributed by atoms with Crippen molar-refractivity contribution in [2.75, 3.05) is 0 Å². The summed E-state index contributed by atoms with van der Waals surface area (Å²) in [5.74, 6) is 0. The molecule has 37 heavy (non-hydrogen) atoms. The van der Waals surface area contributed by atoms with Gasteiger partial charge in [0.05, 0.1) is 16.3 Å². The van der Waals surface area contributed by atoms with E-state index in [0.717, 1.165) is 41.9 Å². The minimum Gasteiger partial charge on any atom is -0.258 e. The monoisotopic (exact) mass is 494 g/mol. The van der Waals surface area contributed by atoms with Crippen LogP contribution >= 0.6 is 0 Å². The van der Waals surface area contributed by atoms with E-state index in [-0.39, 0.29) is 11.4 Å². The smallest absolute Gasteiger partial charge is 0.258 e. The van der Waals surface area contributed by atoms with Crippen LogP contribution in [0.1, 0.15) is 28.8 Å². The minimum atomic E-state index is -0.404. The van der Waals surface area contributed by atoms with Crippen LogP contribution in [0.4, 0.5) is 11.4 Å². The number of rotatable bonds is 10. The maximum atomic E-state index is 10.8. The lowest BCUT2D eigenvalue weighted by Crippen LogP contribution is -2.40. The van der Waals surface area contributed by atoms with Gasteiger partial charge in [0.25, 0.3) is 11.4 Å². The number of hydrogen-bond donors (Lipinski definition) is 0. The van der Waals surface area contributed by atoms with Crippen molar-refractivity contribution in [3.8, 4) is 0 Å². The summed E-state index contributed by atoms with van der Waals surface area (Å²) in [6, 6.07) is 23.1. The zero-order valence-corrected chi connectivity index (χ0v) is 20.1. The van der Waals surface area contributed by atoms with Crippen LogP contribution in [-0.4, -0.2) is 9.85 Å². The van der Waals surface area contributed by atoms with E-state index in [0.29, 0.717) is 0 Å². The second kappa shape index (κ2) is 12.1. The number of hydrogen-bond acceptors (Lipinski definition) is 4. The summed E-state index contributed by atoms with van der Waals surface area (Å²) in [7, 11) is 0. The number of non-ortho nitro benzene ring substituents is 2. The molecule has 0 aliphatic heterocycles. The number of nitro benzene ring substituents is 2. The molecule has 0 aliphatic carbocycles. The van der Waals surface area contributed by atoms with E-state index < -0.39 is 9.85 Å². The predicted octanol–water partition coefficient (Wildman–Crippen LogP) is 5.51. The van der Waals surface area contributed by atoms with E-state index in [1.807, 2.05) is 73.2 Å². The fourth-order valence-corrected chi connectivity index (χ4v) is 3.79. The Hall–Kier alpha value is -4.98. The van der Waals surface area contributed by atoms with Gasteiger partial charge >= 0.3 is 0 Å². The molecule has 2 aromatic carbocycles. The second-order valence-electron chi connectivity index (χ2n) is 8.41. The van der Waals surface area contributed by atoms with E-state index >= 15 is 0 Å². The normalized spacial score (nSPS) is 11.2. The summed E-state index contributed by atoms with van der Waals surface area (Å²) in [6.45, 7) is 1.70. The Morgan fingerprint density at radius 2 is 1.11 bits per heavy atom. The predicted molar refractivity (Wildman–Crippen MR) is 142 cm³/mol. The molecule has 8 heteroatoms. The molecule has 184 valence electrons. The van der Waals surface area contributed by atoms with Crippen molar-refractivity contribution in [2.45, 2.75) is 19.5 Å². The number of pyridine rings is 2. The molecular weight excluding hydrogens is 468 g/mol. The molecule has 0 saturated carbocycles. The molecule has 4 aromatic rings. The van der Waals surface area contributed by atoms with Crippen molar-refractivity contribution in [1.82, 2.24) is 0 Å². The highest BCUT2D eigenvalue weighted by Crippen LogP contribution is 2.15. The van der Waals surface area contributed by atoms with Crippen LogP contribution in [0.5, 0.6) is 0 Å². The van der Waals surface area contributed by atoms with Crippen molar-refractivity contribution in [3.05, 3.63) is 140 Å². The highest BCUT2D eigenvalue weighted by atomic mass is 16.6. The Labute approximate surface area is 214 Å². The SMILES string of the molecule is O=[N+]([O-])c1ccc(/C=C/c2cc[n+](CCC[n+]3ccccc3/C=C/c3ccc([N+](=O)[O-])cc3)cc2)cc1. The van der Waals surface area contributed by atoms with Crippen LogP contribution in [0.15, 0.2) is 97.5 Å². The van der Waals surface area contributed by atoms with Gasteiger partial charge in [-0.15, -0.1) is 0 Å².